The average Bonchev–Trinajstić information content (AvgIpc) is 2.49. The lowest BCUT2D eigenvalue weighted by molar-refractivity contribution is 0.0372. The van der Waals surface area contributed by atoms with Crippen molar-refractivity contribution in [2.24, 2.45) is 0 Å². The van der Waals surface area contributed by atoms with Gasteiger partial charge < -0.3 is 9.64 Å². The zero-order chi connectivity index (χ0) is 13.6. The van der Waals surface area contributed by atoms with Gasteiger partial charge in [0, 0.05) is 39.3 Å². The molecule has 5 heteroatoms. The third-order valence-electron chi connectivity index (χ3n) is 4.37. The summed E-state index contributed by atoms with van der Waals surface area (Å²) in [6.45, 7) is 11.0. The Morgan fingerprint density at radius 2 is 1.84 bits per heavy atom. The van der Waals surface area contributed by atoms with Gasteiger partial charge in [-0.2, -0.15) is 5.26 Å². The molecular weight excluding hydrogens is 240 g/mol. The highest BCUT2D eigenvalue weighted by atomic mass is 16.5. The Kier molecular flexibility index (Phi) is 5.59. The number of rotatable bonds is 5. The number of ether oxygens (including phenoxy) is 1. The van der Waals surface area contributed by atoms with E-state index in [0.29, 0.717) is 0 Å². The fraction of sp³-hybridized carbons (Fsp3) is 0.929. The van der Waals surface area contributed by atoms with E-state index in [1.807, 2.05) is 0 Å². The van der Waals surface area contributed by atoms with Crippen molar-refractivity contribution in [1.29, 1.82) is 5.26 Å². The minimum absolute atomic E-state index is 0.294. The molecule has 0 aromatic rings. The average molecular weight is 266 g/mol. The predicted molar refractivity (Wildman–Crippen MR) is 75.0 cm³/mol. The normalized spacial score (nSPS) is 25.1. The Morgan fingerprint density at radius 1 is 1.16 bits per heavy atom. The first kappa shape index (κ1) is 14.7. The maximum atomic E-state index is 9.47. The fourth-order valence-corrected chi connectivity index (χ4v) is 2.86. The van der Waals surface area contributed by atoms with Gasteiger partial charge >= 0.3 is 0 Å². The van der Waals surface area contributed by atoms with Crippen LogP contribution in [0.2, 0.25) is 0 Å². The van der Waals surface area contributed by atoms with E-state index in [2.05, 4.69) is 28.1 Å². The van der Waals surface area contributed by atoms with Gasteiger partial charge in [0.1, 0.15) is 5.54 Å². The van der Waals surface area contributed by atoms with E-state index in [1.165, 1.54) is 0 Å². The zero-order valence-electron chi connectivity index (χ0n) is 12.0. The SMILES string of the molecule is CCN1CCC(C#N)(NCCN2CCOCC2)CC1. The quantitative estimate of drug-likeness (QED) is 0.775. The van der Waals surface area contributed by atoms with Crippen LogP contribution in [0.5, 0.6) is 0 Å². The number of nitrogens with zero attached hydrogens (tertiary/aromatic N) is 3. The number of nitrogens with one attached hydrogen (secondary N) is 1. The topological polar surface area (TPSA) is 51.5 Å². The molecule has 0 amide bonds. The smallest absolute Gasteiger partial charge is 0.109 e. The lowest BCUT2D eigenvalue weighted by atomic mass is 9.89. The number of hydrogen-bond donors (Lipinski definition) is 1. The van der Waals surface area contributed by atoms with Crippen molar-refractivity contribution in [3.05, 3.63) is 0 Å². The molecule has 5 nitrogen and oxygen atoms in total. The van der Waals surface area contributed by atoms with Crippen LogP contribution in [0.3, 0.4) is 0 Å². The molecule has 2 saturated heterocycles. The number of piperidine rings is 1. The van der Waals surface area contributed by atoms with Gasteiger partial charge in [0.15, 0.2) is 0 Å². The molecule has 1 N–H and O–H groups in total. The first-order valence-corrected chi connectivity index (χ1v) is 7.47. The summed E-state index contributed by atoms with van der Waals surface area (Å²) in [6, 6.07) is 2.52. The van der Waals surface area contributed by atoms with E-state index in [-0.39, 0.29) is 5.54 Å². The van der Waals surface area contributed by atoms with Gasteiger partial charge in [-0.15, -0.1) is 0 Å². The van der Waals surface area contributed by atoms with Crippen molar-refractivity contribution < 1.29 is 4.74 Å². The summed E-state index contributed by atoms with van der Waals surface area (Å²) < 4.78 is 5.34. The Bertz CT molecular complexity index is 301. The van der Waals surface area contributed by atoms with Crippen molar-refractivity contribution in [3.8, 4) is 6.07 Å². The van der Waals surface area contributed by atoms with Crippen LogP contribution in [0.4, 0.5) is 0 Å². The lowest BCUT2D eigenvalue weighted by Crippen LogP contribution is -2.54. The van der Waals surface area contributed by atoms with Crippen molar-refractivity contribution in [3.63, 3.8) is 0 Å². The number of hydrogen-bond acceptors (Lipinski definition) is 5. The zero-order valence-corrected chi connectivity index (χ0v) is 12.0. The van der Waals surface area contributed by atoms with Gasteiger partial charge in [0.25, 0.3) is 0 Å². The molecule has 0 saturated carbocycles. The van der Waals surface area contributed by atoms with E-state index in [4.69, 9.17) is 4.74 Å². The first-order chi connectivity index (χ1) is 9.28. The van der Waals surface area contributed by atoms with Crippen LogP contribution in [0.1, 0.15) is 19.8 Å². The summed E-state index contributed by atoms with van der Waals surface area (Å²) >= 11 is 0. The second-order valence-electron chi connectivity index (χ2n) is 5.51. The molecule has 0 spiro atoms. The van der Waals surface area contributed by atoms with Crippen molar-refractivity contribution in [2.75, 3.05) is 59.0 Å². The van der Waals surface area contributed by atoms with Crippen LogP contribution in [0.25, 0.3) is 0 Å². The molecular formula is C14H26N4O. The molecule has 0 atom stereocenters. The molecule has 2 fully saturated rings. The van der Waals surface area contributed by atoms with Crippen molar-refractivity contribution in [2.45, 2.75) is 25.3 Å². The summed E-state index contributed by atoms with van der Waals surface area (Å²) in [4.78, 5) is 4.82. The van der Waals surface area contributed by atoms with Crippen LogP contribution in [0.15, 0.2) is 0 Å². The van der Waals surface area contributed by atoms with Gasteiger partial charge in [-0.3, -0.25) is 10.2 Å². The maximum absolute atomic E-state index is 9.47. The van der Waals surface area contributed by atoms with E-state index in [9.17, 15) is 5.26 Å². The van der Waals surface area contributed by atoms with Crippen LogP contribution in [0, 0.1) is 11.3 Å². The number of nitriles is 1. The molecule has 2 aliphatic heterocycles. The number of morpholine rings is 1. The Hall–Kier alpha value is -0.670. The first-order valence-electron chi connectivity index (χ1n) is 7.47. The van der Waals surface area contributed by atoms with Crippen molar-refractivity contribution >= 4 is 0 Å². The third kappa shape index (κ3) is 4.15. The number of likely N-dealkylation sites (tertiary alicyclic amines) is 1. The second-order valence-corrected chi connectivity index (χ2v) is 5.51. The standard InChI is InChI=1S/C14H26N4O/c1-2-17-6-3-14(13-15,4-7-17)16-5-8-18-9-11-19-12-10-18/h16H,2-12H2,1H3. The van der Waals surface area contributed by atoms with E-state index in [0.717, 1.165) is 71.9 Å². The summed E-state index contributed by atoms with van der Waals surface area (Å²) in [5.41, 5.74) is -0.294. The molecule has 0 unspecified atom stereocenters. The molecule has 0 radical (unpaired) electrons. The Balaban J connectivity index is 1.72. The minimum atomic E-state index is -0.294. The summed E-state index contributed by atoms with van der Waals surface area (Å²) in [5, 5.41) is 13.0. The molecule has 0 aromatic heterocycles. The monoisotopic (exact) mass is 266 g/mol. The molecule has 2 heterocycles. The van der Waals surface area contributed by atoms with E-state index >= 15 is 0 Å². The second kappa shape index (κ2) is 7.20. The molecule has 108 valence electrons. The van der Waals surface area contributed by atoms with Crippen LogP contribution in [-0.2, 0) is 4.74 Å². The molecule has 2 aliphatic rings. The third-order valence-corrected chi connectivity index (χ3v) is 4.37. The Morgan fingerprint density at radius 3 is 2.42 bits per heavy atom. The van der Waals surface area contributed by atoms with Crippen LogP contribution < -0.4 is 5.32 Å². The van der Waals surface area contributed by atoms with Crippen molar-refractivity contribution in [1.82, 2.24) is 15.1 Å². The highest BCUT2D eigenvalue weighted by Gasteiger charge is 2.33. The Labute approximate surface area is 116 Å². The minimum Gasteiger partial charge on any atom is -0.379 e. The largest absolute Gasteiger partial charge is 0.379 e. The lowest BCUT2D eigenvalue weighted by Gasteiger charge is -2.38. The summed E-state index contributed by atoms with van der Waals surface area (Å²) in [6.07, 6.45) is 1.89. The van der Waals surface area contributed by atoms with Gasteiger partial charge in [-0.1, -0.05) is 6.92 Å². The van der Waals surface area contributed by atoms with Gasteiger partial charge in [0.2, 0.25) is 0 Å². The molecule has 2 rings (SSSR count). The highest BCUT2D eigenvalue weighted by Crippen LogP contribution is 2.21. The predicted octanol–water partition coefficient (Wildman–Crippen LogP) is 0.286. The van der Waals surface area contributed by atoms with E-state index in [1.54, 1.807) is 0 Å². The highest BCUT2D eigenvalue weighted by molar-refractivity contribution is 5.09. The molecule has 19 heavy (non-hydrogen) atoms. The van der Waals surface area contributed by atoms with Crippen LogP contribution in [-0.4, -0.2) is 74.4 Å². The molecule has 0 bridgehead atoms. The fourth-order valence-electron chi connectivity index (χ4n) is 2.86. The maximum Gasteiger partial charge on any atom is 0.109 e. The summed E-state index contributed by atoms with van der Waals surface area (Å²) in [7, 11) is 0. The van der Waals surface area contributed by atoms with Gasteiger partial charge in [-0.25, -0.2) is 0 Å². The summed E-state index contributed by atoms with van der Waals surface area (Å²) in [5.74, 6) is 0. The van der Waals surface area contributed by atoms with Gasteiger partial charge in [0.05, 0.1) is 19.3 Å². The van der Waals surface area contributed by atoms with Gasteiger partial charge in [-0.05, 0) is 19.4 Å². The molecule has 0 aliphatic carbocycles. The molecule has 0 aromatic carbocycles. The van der Waals surface area contributed by atoms with Crippen LogP contribution >= 0.6 is 0 Å². The van der Waals surface area contributed by atoms with E-state index < -0.39 is 0 Å².